The number of furan rings is 1. The van der Waals surface area contributed by atoms with E-state index in [1.165, 1.54) is 4.57 Å². The fourth-order valence-electron chi connectivity index (χ4n) is 2.73. The Morgan fingerprint density at radius 1 is 1.24 bits per heavy atom. The van der Waals surface area contributed by atoms with Crippen molar-refractivity contribution < 1.29 is 14.0 Å². The maximum absolute atomic E-state index is 11.9. The molecule has 0 aliphatic heterocycles. The first-order valence-electron chi connectivity index (χ1n) is 8.10. The van der Waals surface area contributed by atoms with Crippen molar-refractivity contribution in [2.45, 2.75) is 25.6 Å². The van der Waals surface area contributed by atoms with Gasteiger partial charge in [-0.1, -0.05) is 35.5 Å². The first-order chi connectivity index (χ1) is 12.1. The Morgan fingerprint density at radius 3 is 2.68 bits per heavy atom. The number of benzene rings is 1. The molecule has 0 radical (unpaired) electrons. The summed E-state index contributed by atoms with van der Waals surface area (Å²) in [6.45, 7) is 2.46. The lowest BCUT2D eigenvalue weighted by Gasteiger charge is -2.25. The Balaban J connectivity index is 1.70. The van der Waals surface area contributed by atoms with Crippen LogP contribution in [0.25, 0.3) is 11.4 Å². The molecule has 0 spiro atoms. The highest BCUT2D eigenvalue weighted by Gasteiger charge is 2.20. The molecular weight excluding hydrogens is 322 g/mol. The van der Waals surface area contributed by atoms with E-state index in [0.717, 1.165) is 11.3 Å². The molecule has 132 valence electrons. The van der Waals surface area contributed by atoms with Gasteiger partial charge in [-0.25, -0.2) is 4.79 Å². The van der Waals surface area contributed by atoms with E-state index in [0.29, 0.717) is 12.4 Å². The van der Waals surface area contributed by atoms with Crippen LogP contribution in [0.1, 0.15) is 18.7 Å². The van der Waals surface area contributed by atoms with Gasteiger partial charge in [0.15, 0.2) is 5.82 Å². The molecule has 1 N–H and O–H groups in total. The third-order valence-corrected chi connectivity index (χ3v) is 4.23. The predicted molar refractivity (Wildman–Crippen MR) is 92.0 cm³/mol. The van der Waals surface area contributed by atoms with Gasteiger partial charge < -0.3 is 9.52 Å². The quantitative estimate of drug-likeness (QED) is 0.707. The van der Waals surface area contributed by atoms with Crippen molar-refractivity contribution in [2.75, 3.05) is 13.6 Å². The van der Waals surface area contributed by atoms with Crippen molar-refractivity contribution in [2.24, 2.45) is 0 Å². The SMILES string of the molecule is CC(c1ccco1)N(C)CC(O)Cn1c(-c2ccccc2)noc1=O. The molecule has 2 atom stereocenters. The van der Waals surface area contributed by atoms with E-state index in [4.69, 9.17) is 8.94 Å². The Kier molecular flexibility index (Phi) is 5.16. The summed E-state index contributed by atoms with van der Waals surface area (Å²) in [7, 11) is 1.89. The molecule has 0 saturated heterocycles. The third kappa shape index (κ3) is 3.89. The standard InChI is InChI=1S/C18H21N3O4/c1-13(16-9-6-10-24-16)20(2)11-15(22)12-21-17(19-25-18(21)23)14-7-4-3-5-8-14/h3-10,13,15,22H,11-12H2,1-2H3. The van der Waals surface area contributed by atoms with Crippen molar-refractivity contribution in [1.82, 2.24) is 14.6 Å². The van der Waals surface area contributed by atoms with E-state index in [-0.39, 0.29) is 12.6 Å². The Morgan fingerprint density at radius 2 is 2.00 bits per heavy atom. The predicted octanol–water partition coefficient (Wildman–Crippen LogP) is 2.15. The fraction of sp³-hybridized carbons (Fsp3) is 0.333. The van der Waals surface area contributed by atoms with Crippen molar-refractivity contribution in [3.05, 3.63) is 65.0 Å². The lowest BCUT2D eigenvalue weighted by atomic mass is 10.2. The molecule has 0 fully saturated rings. The molecule has 25 heavy (non-hydrogen) atoms. The zero-order valence-corrected chi connectivity index (χ0v) is 14.2. The highest BCUT2D eigenvalue weighted by Crippen LogP contribution is 2.20. The van der Waals surface area contributed by atoms with Crippen LogP contribution in [0, 0.1) is 0 Å². The highest BCUT2D eigenvalue weighted by molar-refractivity contribution is 5.54. The van der Waals surface area contributed by atoms with Gasteiger partial charge >= 0.3 is 5.76 Å². The molecule has 2 heterocycles. The summed E-state index contributed by atoms with van der Waals surface area (Å²) in [6.07, 6.45) is 0.862. The number of aromatic nitrogens is 2. The van der Waals surface area contributed by atoms with Crippen LogP contribution in [0.4, 0.5) is 0 Å². The van der Waals surface area contributed by atoms with Gasteiger partial charge in [-0.2, -0.15) is 0 Å². The molecule has 2 unspecified atom stereocenters. The summed E-state index contributed by atoms with van der Waals surface area (Å²) in [5.41, 5.74) is 0.762. The number of aliphatic hydroxyl groups excluding tert-OH is 1. The van der Waals surface area contributed by atoms with Crippen LogP contribution >= 0.6 is 0 Å². The number of rotatable bonds is 7. The molecule has 7 heteroatoms. The molecule has 0 amide bonds. The zero-order valence-electron chi connectivity index (χ0n) is 14.2. The normalized spacial score (nSPS) is 13.9. The molecule has 3 aromatic rings. The minimum Gasteiger partial charge on any atom is -0.468 e. The monoisotopic (exact) mass is 343 g/mol. The lowest BCUT2D eigenvalue weighted by molar-refractivity contribution is 0.0878. The lowest BCUT2D eigenvalue weighted by Crippen LogP contribution is -2.35. The molecule has 7 nitrogen and oxygen atoms in total. The van der Waals surface area contributed by atoms with Crippen molar-refractivity contribution in [1.29, 1.82) is 0 Å². The molecule has 0 saturated carbocycles. The fourth-order valence-corrected chi connectivity index (χ4v) is 2.73. The first kappa shape index (κ1) is 17.2. The Hall–Kier alpha value is -2.64. The average Bonchev–Trinajstić information content (AvgIpc) is 3.26. The molecular formula is C18H21N3O4. The molecule has 2 aromatic heterocycles. The van der Waals surface area contributed by atoms with E-state index in [2.05, 4.69) is 5.16 Å². The number of likely N-dealkylation sites (N-methyl/N-ethyl adjacent to an activating group) is 1. The minimum atomic E-state index is -0.762. The van der Waals surface area contributed by atoms with Crippen LogP contribution in [0.2, 0.25) is 0 Å². The summed E-state index contributed by atoms with van der Waals surface area (Å²) in [5, 5.41) is 14.3. The minimum absolute atomic E-state index is 0.0115. The number of hydrogen-bond acceptors (Lipinski definition) is 6. The van der Waals surface area contributed by atoms with Crippen molar-refractivity contribution in [3.63, 3.8) is 0 Å². The average molecular weight is 343 g/mol. The van der Waals surface area contributed by atoms with Crippen LogP contribution in [0.3, 0.4) is 0 Å². The topological polar surface area (TPSA) is 84.6 Å². The summed E-state index contributed by atoms with van der Waals surface area (Å²) in [4.78, 5) is 13.9. The van der Waals surface area contributed by atoms with Crippen LogP contribution in [-0.2, 0) is 6.54 Å². The summed E-state index contributed by atoms with van der Waals surface area (Å²) < 4.78 is 11.5. The molecule has 1 aromatic carbocycles. The van der Waals surface area contributed by atoms with Crippen LogP contribution in [0.5, 0.6) is 0 Å². The van der Waals surface area contributed by atoms with Gasteiger partial charge in [-0.3, -0.25) is 14.0 Å². The number of aliphatic hydroxyl groups is 1. The van der Waals surface area contributed by atoms with Crippen LogP contribution in [-0.4, -0.2) is 39.4 Å². The van der Waals surface area contributed by atoms with Crippen molar-refractivity contribution in [3.8, 4) is 11.4 Å². The maximum atomic E-state index is 11.9. The van der Waals surface area contributed by atoms with Gasteiger partial charge in [0.25, 0.3) is 0 Å². The molecule has 3 rings (SSSR count). The van der Waals surface area contributed by atoms with Gasteiger partial charge in [-0.15, -0.1) is 0 Å². The van der Waals surface area contributed by atoms with Gasteiger partial charge in [0, 0.05) is 12.1 Å². The van der Waals surface area contributed by atoms with Crippen LogP contribution in [0.15, 0.2) is 62.5 Å². The Bertz CT molecular complexity index is 839. The first-order valence-corrected chi connectivity index (χ1v) is 8.10. The van der Waals surface area contributed by atoms with Gasteiger partial charge in [-0.05, 0) is 26.1 Å². The van der Waals surface area contributed by atoms with E-state index in [9.17, 15) is 9.90 Å². The second-order valence-corrected chi connectivity index (χ2v) is 6.03. The maximum Gasteiger partial charge on any atom is 0.441 e. The van der Waals surface area contributed by atoms with Gasteiger partial charge in [0.1, 0.15) is 5.76 Å². The smallest absolute Gasteiger partial charge is 0.441 e. The second-order valence-electron chi connectivity index (χ2n) is 6.03. The van der Waals surface area contributed by atoms with Gasteiger partial charge in [0.2, 0.25) is 0 Å². The van der Waals surface area contributed by atoms with E-state index >= 15 is 0 Å². The molecule has 0 bridgehead atoms. The number of nitrogens with zero attached hydrogens (tertiary/aromatic N) is 3. The van der Waals surface area contributed by atoms with E-state index in [1.54, 1.807) is 6.26 Å². The highest BCUT2D eigenvalue weighted by atomic mass is 16.5. The van der Waals surface area contributed by atoms with Crippen LogP contribution < -0.4 is 5.76 Å². The summed E-state index contributed by atoms with van der Waals surface area (Å²) >= 11 is 0. The Labute approximate surface area is 145 Å². The molecule has 0 aliphatic rings. The van der Waals surface area contributed by atoms with Gasteiger partial charge in [0.05, 0.1) is 25.0 Å². The van der Waals surface area contributed by atoms with E-state index in [1.807, 2.05) is 61.3 Å². The van der Waals surface area contributed by atoms with Crippen molar-refractivity contribution >= 4 is 0 Å². The largest absolute Gasteiger partial charge is 0.468 e. The second kappa shape index (κ2) is 7.50. The van der Waals surface area contributed by atoms with E-state index < -0.39 is 11.9 Å². The summed E-state index contributed by atoms with van der Waals surface area (Å²) in [6, 6.07) is 13.0. The zero-order chi connectivity index (χ0) is 17.8. The molecule has 0 aliphatic carbocycles. The summed E-state index contributed by atoms with van der Waals surface area (Å²) in [5.74, 6) is 0.646. The number of hydrogen-bond donors (Lipinski definition) is 1. The third-order valence-electron chi connectivity index (χ3n) is 4.23.